The van der Waals surface area contributed by atoms with Crippen molar-refractivity contribution in [1.82, 2.24) is 0 Å². The molecule has 0 unspecified atom stereocenters. The van der Waals surface area contributed by atoms with Crippen LogP contribution in [0, 0.1) is 0 Å². The van der Waals surface area contributed by atoms with Crippen LogP contribution in [0.2, 0.25) is 5.02 Å². The second-order valence-electron chi connectivity index (χ2n) is 5.23. The van der Waals surface area contributed by atoms with Gasteiger partial charge in [0.15, 0.2) is 0 Å². The van der Waals surface area contributed by atoms with Crippen molar-refractivity contribution in [3.8, 4) is 5.75 Å². The third-order valence-electron chi connectivity index (χ3n) is 3.38. The van der Waals surface area contributed by atoms with Gasteiger partial charge in [0.2, 0.25) is 0 Å². The quantitative estimate of drug-likeness (QED) is 0.399. The molecular weight excluding hydrogens is 354 g/mol. The number of furan rings is 1. The van der Waals surface area contributed by atoms with E-state index in [9.17, 15) is 9.59 Å². The van der Waals surface area contributed by atoms with E-state index in [1.54, 1.807) is 60.7 Å². The van der Waals surface area contributed by atoms with E-state index in [-0.39, 0.29) is 5.91 Å². The predicted octanol–water partition coefficient (Wildman–Crippen LogP) is 4.80. The molecule has 3 aromatic rings. The molecule has 2 aromatic carbocycles. The number of ether oxygens (including phenoxy) is 1. The van der Waals surface area contributed by atoms with Crippen molar-refractivity contribution >= 4 is 35.2 Å². The first-order valence-electron chi connectivity index (χ1n) is 7.71. The molecule has 0 aliphatic rings. The largest absolute Gasteiger partial charge is 0.465 e. The first-order chi connectivity index (χ1) is 12.6. The lowest BCUT2D eigenvalue weighted by Gasteiger charge is -2.07. The van der Waals surface area contributed by atoms with Crippen molar-refractivity contribution in [3.05, 3.63) is 89.3 Å². The molecule has 0 radical (unpaired) electrons. The van der Waals surface area contributed by atoms with Crippen molar-refractivity contribution in [2.24, 2.45) is 0 Å². The van der Waals surface area contributed by atoms with Crippen LogP contribution in [0.4, 0.5) is 5.69 Å². The van der Waals surface area contributed by atoms with E-state index >= 15 is 0 Å². The van der Waals surface area contributed by atoms with Gasteiger partial charge in [0, 0.05) is 11.8 Å². The zero-order valence-electron chi connectivity index (χ0n) is 13.5. The summed E-state index contributed by atoms with van der Waals surface area (Å²) in [7, 11) is 0. The number of rotatable bonds is 5. The van der Waals surface area contributed by atoms with E-state index in [1.165, 1.54) is 18.4 Å². The first-order valence-corrected chi connectivity index (χ1v) is 8.09. The van der Waals surface area contributed by atoms with Crippen LogP contribution in [0.5, 0.6) is 5.75 Å². The number of carbonyl (C=O) groups is 2. The summed E-state index contributed by atoms with van der Waals surface area (Å²) in [6, 6.07) is 16.7. The summed E-state index contributed by atoms with van der Waals surface area (Å²) in [5, 5.41) is 3.11. The molecule has 26 heavy (non-hydrogen) atoms. The molecule has 1 aromatic heterocycles. The van der Waals surface area contributed by atoms with Crippen LogP contribution in [0.3, 0.4) is 0 Å². The normalized spacial score (nSPS) is 10.7. The molecule has 5 nitrogen and oxygen atoms in total. The third-order valence-corrected chi connectivity index (χ3v) is 3.71. The van der Waals surface area contributed by atoms with E-state index in [0.29, 0.717) is 27.8 Å². The Balaban J connectivity index is 1.59. The van der Waals surface area contributed by atoms with Gasteiger partial charge in [-0.1, -0.05) is 23.7 Å². The Bertz CT molecular complexity index is 931. The molecule has 0 bridgehead atoms. The SMILES string of the molecule is O=C(/C=C/c1ccco1)Oc1ccc(NC(=O)c2ccccc2Cl)cc1. The summed E-state index contributed by atoms with van der Waals surface area (Å²) in [6.45, 7) is 0. The Morgan fingerprint density at radius 2 is 1.77 bits per heavy atom. The number of benzene rings is 2. The van der Waals surface area contributed by atoms with Crippen molar-refractivity contribution in [2.45, 2.75) is 0 Å². The number of hydrogen-bond donors (Lipinski definition) is 1. The molecule has 0 atom stereocenters. The Hall–Kier alpha value is -3.31. The minimum atomic E-state index is -0.533. The highest BCUT2D eigenvalue weighted by molar-refractivity contribution is 6.34. The smallest absolute Gasteiger partial charge is 0.336 e. The molecule has 0 fully saturated rings. The van der Waals surface area contributed by atoms with Crippen LogP contribution in [0.1, 0.15) is 16.1 Å². The molecule has 0 aliphatic carbocycles. The average Bonchev–Trinajstić information content (AvgIpc) is 3.15. The summed E-state index contributed by atoms with van der Waals surface area (Å²) in [6.07, 6.45) is 4.30. The minimum Gasteiger partial charge on any atom is -0.465 e. The van der Waals surface area contributed by atoms with Crippen LogP contribution < -0.4 is 10.1 Å². The molecule has 1 amide bonds. The van der Waals surface area contributed by atoms with E-state index in [2.05, 4.69) is 5.32 Å². The molecule has 1 heterocycles. The van der Waals surface area contributed by atoms with Crippen molar-refractivity contribution in [3.63, 3.8) is 0 Å². The fourth-order valence-corrected chi connectivity index (χ4v) is 2.36. The predicted molar refractivity (Wildman–Crippen MR) is 99.2 cm³/mol. The van der Waals surface area contributed by atoms with Crippen molar-refractivity contribution in [2.75, 3.05) is 5.32 Å². The molecule has 1 N–H and O–H groups in total. The van der Waals surface area contributed by atoms with Crippen LogP contribution in [0.25, 0.3) is 6.08 Å². The topological polar surface area (TPSA) is 68.5 Å². The Morgan fingerprint density at radius 3 is 2.46 bits per heavy atom. The number of amides is 1. The van der Waals surface area contributed by atoms with Gasteiger partial charge in [-0.3, -0.25) is 4.79 Å². The maximum atomic E-state index is 12.2. The van der Waals surface area contributed by atoms with Gasteiger partial charge in [0.1, 0.15) is 11.5 Å². The molecular formula is C20H14ClNO4. The molecule has 0 saturated heterocycles. The minimum absolute atomic E-state index is 0.318. The lowest BCUT2D eigenvalue weighted by atomic mass is 10.2. The highest BCUT2D eigenvalue weighted by Gasteiger charge is 2.10. The highest BCUT2D eigenvalue weighted by Crippen LogP contribution is 2.19. The van der Waals surface area contributed by atoms with E-state index in [1.807, 2.05) is 0 Å². The van der Waals surface area contributed by atoms with Crippen molar-refractivity contribution < 1.29 is 18.7 Å². The summed E-state index contributed by atoms with van der Waals surface area (Å²) >= 11 is 6.00. The molecule has 0 saturated carbocycles. The van der Waals surface area contributed by atoms with E-state index in [0.717, 1.165) is 0 Å². The van der Waals surface area contributed by atoms with Gasteiger partial charge < -0.3 is 14.5 Å². The summed E-state index contributed by atoms with van der Waals surface area (Å²) < 4.78 is 10.3. The molecule has 0 aliphatic heterocycles. The van der Waals surface area contributed by atoms with Crippen LogP contribution in [-0.4, -0.2) is 11.9 Å². The van der Waals surface area contributed by atoms with Crippen LogP contribution in [-0.2, 0) is 4.79 Å². The number of hydrogen-bond acceptors (Lipinski definition) is 4. The molecule has 6 heteroatoms. The standard InChI is InChI=1S/C20H14ClNO4/c21-18-6-2-1-5-17(18)20(24)22-14-7-9-16(10-8-14)26-19(23)12-11-15-4-3-13-25-15/h1-13H,(H,22,24)/b12-11+. The van der Waals surface area contributed by atoms with Crippen LogP contribution in [0.15, 0.2) is 77.4 Å². The van der Waals surface area contributed by atoms with E-state index in [4.69, 9.17) is 20.8 Å². The van der Waals surface area contributed by atoms with Gasteiger partial charge in [-0.25, -0.2) is 4.79 Å². The zero-order chi connectivity index (χ0) is 18.4. The lowest BCUT2D eigenvalue weighted by Crippen LogP contribution is -2.12. The van der Waals surface area contributed by atoms with Gasteiger partial charge in [-0.15, -0.1) is 0 Å². The Labute approximate surface area is 154 Å². The highest BCUT2D eigenvalue weighted by atomic mass is 35.5. The van der Waals surface area contributed by atoms with Crippen molar-refractivity contribution in [1.29, 1.82) is 0 Å². The third kappa shape index (κ3) is 4.62. The van der Waals surface area contributed by atoms with Crippen LogP contribution >= 0.6 is 11.6 Å². The van der Waals surface area contributed by atoms with Gasteiger partial charge in [-0.05, 0) is 54.6 Å². The fraction of sp³-hybridized carbons (Fsp3) is 0. The maximum absolute atomic E-state index is 12.2. The monoisotopic (exact) mass is 367 g/mol. The summed E-state index contributed by atoms with van der Waals surface area (Å²) in [5.41, 5.74) is 0.939. The average molecular weight is 368 g/mol. The number of esters is 1. The lowest BCUT2D eigenvalue weighted by molar-refractivity contribution is -0.128. The number of nitrogens with one attached hydrogen (secondary N) is 1. The zero-order valence-corrected chi connectivity index (χ0v) is 14.3. The number of halogens is 1. The molecule has 0 spiro atoms. The first kappa shape index (κ1) is 17.5. The van der Waals surface area contributed by atoms with Gasteiger partial charge >= 0.3 is 5.97 Å². The fourth-order valence-electron chi connectivity index (χ4n) is 2.14. The summed E-state index contributed by atoms with van der Waals surface area (Å²) in [4.78, 5) is 24.0. The Kier molecular flexibility index (Phi) is 5.51. The second kappa shape index (κ2) is 8.18. The maximum Gasteiger partial charge on any atom is 0.336 e. The number of carbonyl (C=O) groups excluding carboxylic acids is 2. The second-order valence-corrected chi connectivity index (χ2v) is 5.64. The van der Waals surface area contributed by atoms with Gasteiger partial charge in [-0.2, -0.15) is 0 Å². The molecule has 3 rings (SSSR count). The van der Waals surface area contributed by atoms with Gasteiger partial charge in [0.05, 0.1) is 16.8 Å². The Morgan fingerprint density at radius 1 is 1.00 bits per heavy atom. The summed E-state index contributed by atoms with van der Waals surface area (Å²) in [5.74, 6) is 0.0606. The van der Waals surface area contributed by atoms with Gasteiger partial charge in [0.25, 0.3) is 5.91 Å². The van der Waals surface area contributed by atoms with E-state index < -0.39 is 5.97 Å². The molecule has 130 valence electrons. The number of anilines is 1.